The van der Waals surface area contributed by atoms with Crippen molar-refractivity contribution in [3.8, 4) is 5.75 Å². The lowest BCUT2D eigenvalue weighted by atomic mass is 9.78. The van der Waals surface area contributed by atoms with Crippen molar-refractivity contribution in [3.63, 3.8) is 0 Å². The number of methoxy groups -OCH3 is 1. The molecule has 20 heavy (non-hydrogen) atoms. The van der Waals surface area contributed by atoms with Gasteiger partial charge in [-0.15, -0.1) is 0 Å². The summed E-state index contributed by atoms with van der Waals surface area (Å²) in [5.74, 6) is 1.01. The van der Waals surface area contributed by atoms with Crippen LogP contribution < -0.4 is 4.74 Å². The minimum atomic E-state index is 0.140. The Morgan fingerprint density at radius 1 is 1.10 bits per heavy atom. The zero-order valence-corrected chi connectivity index (χ0v) is 11.4. The maximum atomic E-state index is 9.48. The number of hydrogen-bond acceptors (Lipinski definition) is 3. The molecule has 3 nitrogen and oxygen atoms in total. The van der Waals surface area contributed by atoms with E-state index in [1.165, 1.54) is 5.56 Å². The van der Waals surface area contributed by atoms with Gasteiger partial charge in [0, 0.05) is 17.0 Å². The van der Waals surface area contributed by atoms with E-state index in [9.17, 15) is 5.21 Å². The van der Waals surface area contributed by atoms with Crippen LogP contribution in [0, 0.1) is 0 Å². The van der Waals surface area contributed by atoms with E-state index in [1.54, 1.807) is 7.11 Å². The van der Waals surface area contributed by atoms with Crippen molar-refractivity contribution in [3.05, 3.63) is 65.2 Å². The third-order valence-corrected chi connectivity index (χ3v) is 3.95. The summed E-state index contributed by atoms with van der Waals surface area (Å²) in [7, 11) is 1.68. The minimum Gasteiger partial charge on any atom is -0.496 e. The fourth-order valence-electron chi connectivity index (χ4n) is 3.00. The van der Waals surface area contributed by atoms with Gasteiger partial charge in [0.05, 0.1) is 12.8 Å². The summed E-state index contributed by atoms with van der Waals surface area (Å²) in [6.07, 6.45) is 1.86. The number of fused-ring (bicyclic) bond motifs is 1. The van der Waals surface area contributed by atoms with Gasteiger partial charge in [0.15, 0.2) is 0 Å². The molecule has 2 aromatic carbocycles. The van der Waals surface area contributed by atoms with Gasteiger partial charge in [-0.05, 0) is 24.5 Å². The molecule has 0 heterocycles. The highest BCUT2D eigenvalue weighted by Crippen LogP contribution is 2.37. The van der Waals surface area contributed by atoms with E-state index >= 15 is 0 Å². The molecule has 102 valence electrons. The summed E-state index contributed by atoms with van der Waals surface area (Å²) in [6, 6.07) is 16.1. The molecule has 0 saturated carbocycles. The molecule has 1 aliphatic carbocycles. The first-order valence-electron chi connectivity index (χ1n) is 6.78. The van der Waals surface area contributed by atoms with Crippen LogP contribution in [0.15, 0.2) is 53.7 Å². The average molecular weight is 267 g/mol. The lowest BCUT2D eigenvalue weighted by Gasteiger charge is -2.27. The highest BCUT2D eigenvalue weighted by molar-refractivity contribution is 6.07. The maximum absolute atomic E-state index is 9.48. The van der Waals surface area contributed by atoms with Crippen LogP contribution in [0.25, 0.3) is 0 Å². The monoisotopic (exact) mass is 267 g/mol. The van der Waals surface area contributed by atoms with Crippen molar-refractivity contribution < 1.29 is 9.94 Å². The number of hydrogen-bond donors (Lipinski definition) is 1. The predicted octanol–water partition coefficient (Wildman–Crippen LogP) is 3.60. The van der Waals surface area contributed by atoms with Crippen molar-refractivity contribution in [1.29, 1.82) is 0 Å². The average Bonchev–Trinajstić information content (AvgIpc) is 2.53. The van der Waals surface area contributed by atoms with E-state index < -0.39 is 0 Å². The van der Waals surface area contributed by atoms with Crippen molar-refractivity contribution in [2.75, 3.05) is 7.11 Å². The second-order valence-electron chi connectivity index (χ2n) is 4.97. The Labute approximate surface area is 118 Å². The lowest BCUT2D eigenvalue weighted by Crippen LogP contribution is -2.22. The van der Waals surface area contributed by atoms with Crippen LogP contribution in [0.3, 0.4) is 0 Å². The Bertz CT molecular complexity index is 635. The van der Waals surface area contributed by atoms with Crippen LogP contribution in [0.2, 0.25) is 0 Å². The summed E-state index contributed by atoms with van der Waals surface area (Å²) in [5.41, 5.74) is 4.05. The fraction of sp³-hybridized carbons (Fsp3) is 0.235. The Morgan fingerprint density at radius 3 is 2.60 bits per heavy atom. The smallest absolute Gasteiger partial charge is 0.122 e. The quantitative estimate of drug-likeness (QED) is 0.667. The van der Waals surface area contributed by atoms with Crippen molar-refractivity contribution in [1.82, 2.24) is 0 Å². The van der Waals surface area contributed by atoms with Gasteiger partial charge in [0.1, 0.15) is 5.75 Å². The number of ether oxygens (including phenoxy) is 1. The molecule has 2 aromatic rings. The third kappa shape index (κ3) is 2.05. The van der Waals surface area contributed by atoms with Gasteiger partial charge in [-0.3, -0.25) is 0 Å². The Hall–Kier alpha value is -2.29. The fourth-order valence-corrected chi connectivity index (χ4v) is 3.00. The molecular formula is C17H17NO2. The first-order chi connectivity index (χ1) is 9.85. The molecule has 0 amide bonds. The van der Waals surface area contributed by atoms with Crippen LogP contribution in [0.4, 0.5) is 0 Å². The van der Waals surface area contributed by atoms with Gasteiger partial charge in [0.25, 0.3) is 0 Å². The highest BCUT2D eigenvalue weighted by Gasteiger charge is 2.29. The highest BCUT2D eigenvalue weighted by atomic mass is 16.5. The lowest BCUT2D eigenvalue weighted by molar-refractivity contribution is 0.316. The van der Waals surface area contributed by atoms with E-state index in [0.29, 0.717) is 0 Å². The van der Waals surface area contributed by atoms with Gasteiger partial charge >= 0.3 is 0 Å². The van der Waals surface area contributed by atoms with Gasteiger partial charge < -0.3 is 9.94 Å². The molecular weight excluding hydrogens is 250 g/mol. The maximum Gasteiger partial charge on any atom is 0.122 e. The summed E-state index contributed by atoms with van der Waals surface area (Å²) in [6.45, 7) is 0. The largest absolute Gasteiger partial charge is 0.496 e. The molecule has 0 aromatic heterocycles. The Balaban J connectivity index is 2.08. The molecule has 1 aliphatic rings. The Kier molecular flexibility index (Phi) is 3.42. The van der Waals surface area contributed by atoms with Gasteiger partial charge in [0.2, 0.25) is 0 Å². The van der Waals surface area contributed by atoms with Crippen LogP contribution in [0.1, 0.15) is 29.0 Å². The van der Waals surface area contributed by atoms with E-state index in [1.807, 2.05) is 36.4 Å². The number of benzene rings is 2. The zero-order chi connectivity index (χ0) is 13.9. The standard InChI is InChI=1S/C17H17NO2/c1-20-16-9-5-8-15-14(16)11-10-13(17(15)18-19)12-6-3-2-4-7-12/h2-9,13,19H,10-11H2,1H3/b18-17+. The molecule has 0 fully saturated rings. The second kappa shape index (κ2) is 5.37. The van der Waals surface area contributed by atoms with Crippen molar-refractivity contribution >= 4 is 5.71 Å². The molecule has 1 N–H and O–H groups in total. The van der Waals surface area contributed by atoms with Gasteiger partial charge in [-0.1, -0.05) is 47.6 Å². The van der Waals surface area contributed by atoms with E-state index in [2.05, 4.69) is 17.3 Å². The van der Waals surface area contributed by atoms with E-state index in [0.717, 1.165) is 35.4 Å². The molecule has 0 aliphatic heterocycles. The topological polar surface area (TPSA) is 41.8 Å². The summed E-state index contributed by atoms with van der Waals surface area (Å²) >= 11 is 0. The molecule has 0 bridgehead atoms. The number of oxime groups is 1. The SMILES string of the molecule is COc1cccc2c1CCC(c1ccccc1)/C2=N\O. The number of rotatable bonds is 2. The molecule has 3 heteroatoms. The van der Waals surface area contributed by atoms with Gasteiger partial charge in [-0.2, -0.15) is 0 Å². The molecule has 3 rings (SSSR count). The summed E-state index contributed by atoms with van der Waals surface area (Å²) in [5, 5.41) is 13.1. The first-order valence-corrected chi connectivity index (χ1v) is 6.78. The van der Waals surface area contributed by atoms with Crippen LogP contribution in [0.5, 0.6) is 5.75 Å². The number of nitrogens with zero attached hydrogens (tertiary/aromatic N) is 1. The van der Waals surface area contributed by atoms with Gasteiger partial charge in [-0.25, -0.2) is 0 Å². The van der Waals surface area contributed by atoms with E-state index in [4.69, 9.17) is 4.74 Å². The van der Waals surface area contributed by atoms with Crippen molar-refractivity contribution in [2.45, 2.75) is 18.8 Å². The van der Waals surface area contributed by atoms with E-state index in [-0.39, 0.29) is 5.92 Å². The normalized spacial score (nSPS) is 19.6. The molecule has 1 atom stereocenters. The van der Waals surface area contributed by atoms with Crippen LogP contribution in [-0.2, 0) is 6.42 Å². The Morgan fingerprint density at radius 2 is 1.90 bits per heavy atom. The molecule has 0 radical (unpaired) electrons. The minimum absolute atomic E-state index is 0.140. The predicted molar refractivity (Wildman–Crippen MR) is 78.8 cm³/mol. The third-order valence-electron chi connectivity index (χ3n) is 3.95. The second-order valence-corrected chi connectivity index (χ2v) is 4.97. The van der Waals surface area contributed by atoms with Crippen LogP contribution in [-0.4, -0.2) is 18.0 Å². The van der Waals surface area contributed by atoms with Crippen molar-refractivity contribution in [2.24, 2.45) is 5.16 Å². The van der Waals surface area contributed by atoms with Crippen LogP contribution >= 0.6 is 0 Å². The first kappa shape index (κ1) is 12.7. The summed E-state index contributed by atoms with van der Waals surface area (Å²) < 4.78 is 5.41. The zero-order valence-electron chi connectivity index (χ0n) is 11.4. The molecule has 1 unspecified atom stereocenters. The summed E-state index contributed by atoms with van der Waals surface area (Å²) in [4.78, 5) is 0. The molecule has 0 spiro atoms. The molecule has 0 saturated heterocycles.